The molecule has 0 N–H and O–H groups in total. The van der Waals surface area contributed by atoms with Gasteiger partial charge in [0.1, 0.15) is 5.78 Å². The zero-order chi connectivity index (χ0) is 22.1. The molecule has 4 heterocycles. The lowest BCUT2D eigenvalue weighted by Crippen LogP contribution is -2.53. The summed E-state index contributed by atoms with van der Waals surface area (Å²) < 4.78 is 0. The SMILES string of the molecule is CCC(=O)Cc1ccc(N2CCC(c3cnc(N4C5CCC4CN(C)C5)nc3)CC2)cc1. The number of ketones is 1. The quantitative estimate of drug-likeness (QED) is 0.693. The molecule has 32 heavy (non-hydrogen) atoms. The van der Waals surface area contributed by atoms with E-state index in [0.29, 0.717) is 36.6 Å². The first kappa shape index (κ1) is 21.4. The van der Waals surface area contributed by atoms with E-state index in [-0.39, 0.29) is 0 Å². The van der Waals surface area contributed by atoms with Gasteiger partial charge in [-0.05, 0) is 61.9 Å². The summed E-state index contributed by atoms with van der Waals surface area (Å²) in [7, 11) is 2.22. The number of piperazine rings is 1. The first-order chi connectivity index (χ1) is 15.6. The number of hydrogen-bond acceptors (Lipinski definition) is 6. The Hall–Kier alpha value is -2.47. The minimum Gasteiger partial charge on any atom is -0.371 e. The van der Waals surface area contributed by atoms with Crippen molar-refractivity contribution in [1.82, 2.24) is 14.9 Å². The monoisotopic (exact) mass is 433 g/mol. The zero-order valence-electron chi connectivity index (χ0n) is 19.4. The van der Waals surface area contributed by atoms with Gasteiger partial charge in [0.25, 0.3) is 0 Å². The van der Waals surface area contributed by atoms with Crippen LogP contribution < -0.4 is 9.80 Å². The number of piperidine rings is 1. The van der Waals surface area contributed by atoms with E-state index in [0.717, 1.165) is 50.5 Å². The van der Waals surface area contributed by atoms with Crippen molar-refractivity contribution in [3.8, 4) is 0 Å². The van der Waals surface area contributed by atoms with Crippen LogP contribution in [0.3, 0.4) is 0 Å². The molecule has 3 saturated heterocycles. The van der Waals surface area contributed by atoms with Crippen LogP contribution in [0.4, 0.5) is 11.6 Å². The zero-order valence-corrected chi connectivity index (χ0v) is 19.4. The van der Waals surface area contributed by atoms with Gasteiger partial charge in [-0.1, -0.05) is 19.1 Å². The van der Waals surface area contributed by atoms with E-state index in [9.17, 15) is 4.79 Å². The van der Waals surface area contributed by atoms with Crippen LogP contribution in [0, 0.1) is 0 Å². The third kappa shape index (κ3) is 4.38. The molecule has 6 nitrogen and oxygen atoms in total. The van der Waals surface area contributed by atoms with E-state index in [2.05, 4.69) is 58.4 Å². The summed E-state index contributed by atoms with van der Waals surface area (Å²) in [4.78, 5) is 28.7. The van der Waals surface area contributed by atoms with Gasteiger partial charge >= 0.3 is 0 Å². The van der Waals surface area contributed by atoms with Gasteiger partial charge in [-0.15, -0.1) is 0 Å². The summed E-state index contributed by atoms with van der Waals surface area (Å²) in [5, 5.41) is 0. The van der Waals surface area contributed by atoms with Crippen molar-refractivity contribution in [1.29, 1.82) is 0 Å². The van der Waals surface area contributed by atoms with E-state index in [4.69, 9.17) is 9.97 Å². The number of rotatable bonds is 6. The van der Waals surface area contributed by atoms with Gasteiger partial charge in [0.15, 0.2) is 0 Å². The molecule has 6 heteroatoms. The second-order valence-electron chi connectivity index (χ2n) is 9.83. The topological polar surface area (TPSA) is 52.6 Å². The van der Waals surface area contributed by atoms with Crippen molar-refractivity contribution in [2.24, 2.45) is 0 Å². The second kappa shape index (κ2) is 9.18. The van der Waals surface area contributed by atoms with Gasteiger partial charge in [0, 0.05) is 69.2 Å². The first-order valence-electron chi connectivity index (χ1n) is 12.2. The van der Waals surface area contributed by atoms with Gasteiger partial charge in [-0.25, -0.2) is 9.97 Å². The van der Waals surface area contributed by atoms with E-state index < -0.39 is 0 Å². The Morgan fingerprint density at radius 2 is 1.59 bits per heavy atom. The summed E-state index contributed by atoms with van der Waals surface area (Å²) in [5.41, 5.74) is 3.65. The minimum atomic E-state index is 0.298. The van der Waals surface area contributed by atoms with Crippen molar-refractivity contribution in [3.63, 3.8) is 0 Å². The number of likely N-dealkylation sites (N-methyl/N-ethyl adjacent to an activating group) is 1. The number of hydrogen-bond donors (Lipinski definition) is 0. The maximum absolute atomic E-state index is 11.7. The van der Waals surface area contributed by atoms with Gasteiger partial charge in [-0.2, -0.15) is 0 Å². The van der Waals surface area contributed by atoms with Crippen molar-refractivity contribution in [3.05, 3.63) is 47.8 Å². The average molecular weight is 434 g/mol. The summed E-state index contributed by atoms with van der Waals surface area (Å²) in [6.45, 7) is 6.26. The number of likely N-dealkylation sites (tertiary alicyclic amines) is 1. The minimum absolute atomic E-state index is 0.298. The number of nitrogens with zero attached hydrogens (tertiary/aromatic N) is 5. The summed E-state index contributed by atoms with van der Waals surface area (Å²) in [6, 6.07) is 9.68. The fourth-order valence-electron chi connectivity index (χ4n) is 5.76. The highest BCUT2D eigenvalue weighted by molar-refractivity contribution is 5.80. The number of fused-ring (bicyclic) bond motifs is 2. The molecule has 1 aromatic heterocycles. The van der Waals surface area contributed by atoms with Crippen molar-refractivity contribution >= 4 is 17.4 Å². The predicted molar refractivity (Wildman–Crippen MR) is 128 cm³/mol. The van der Waals surface area contributed by atoms with Crippen molar-refractivity contribution in [2.45, 2.75) is 63.5 Å². The lowest BCUT2D eigenvalue weighted by atomic mass is 9.91. The van der Waals surface area contributed by atoms with E-state index in [1.807, 2.05) is 6.92 Å². The number of carbonyl (C=O) groups excluding carboxylic acids is 1. The standard InChI is InChI=1S/C26H35N5O/c1-3-25(32)14-19-4-6-22(7-5-19)30-12-10-20(11-13-30)21-15-27-26(28-16-21)31-23-8-9-24(31)18-29(2)17-23/h4-7,15-16,20,23-24H,3,8-14,17-18H2,1-2H3. The average Bonchev–Trinajstić information content (AvgIpc) is 3.10. The first-order valence-corrected chi connectivity index (χ1v) is 12.2. The molecule has 2 aromatic rings. The molecule has 1 aromatic carbocycles. The third-order valence-electron chi connectivity index (χ3n) is 7.62. The summed E-state index contributed by atoms with van der Waals surface area (Å²) in [6.07, 6.45) is 10.1. The lowest BCUT2D eigenvalue weighted by Gasteiger charge is -2.39. The molecule has 2 atom stereocenters. The summed E-state index contributed by atoms with van der Waals surface area (Å²) in [5.74, 6) is 1.76. The number of carbonyl (C=O) groups is 1. The molecule has 0 aliphatic carbocycles. The Morgan fingerprint density at radius 3 is 2.19 bits per heavy atom. The maximum Gasteiger partial charge on any atom is 0.225 e. The molecule has 3 aliphatic rings. The normalized spacial score (nSPS) is 24.2. The van der Waals surface area contributed by atoms with E-state index in [1.54, 1.807) is 0 Å². The molecule has 2 unspecified atom stereocenters. The molecule has 170 valence electrons. The molecule has 0 spiro atoms. The third-order valence-corrected chi connectivity index (χ3v) is 7.62. The highest BCUT2D eigenvalue weighted by Crippen LogP contribution is 2.34. The van der Waals surface area contributed by atoms with Crippen LogP contribution >= 0.6 is 0 Å². The van der Waals surface area contributed by atoms with Crippen LogP contribution in [-0.2, 0) is 11.2 Å². The van der Waals surface area contributed by atoms with Crippen LogP contribution in [0.25, 0.3) is 0 Å². The fraction of sp³-hybridized carbons (Fsp3) is 0.577. The molecule has 3 fully saturated rings. The summed E-state index contributed by atoms with van der Waals surface area (Å²) >= 11 is 0. The largest absolute Gasteiger partial charge is 0.371 e. The molecule has 0 saturated carbocycles. The Kier molecular flexibility index (Phi) is 6.13. The molecule has 0 radical (unpaired) electrons. The van der Waals surface area contributed by atoms with Gasteiger partial charge in [0.2, 0.25) is 5.95 Å². The van der Waals surface area contributed by atoms with Gasteiger partial charge in [0.05, 0.1) is 0 Å². The molecule has 5 rings (SSSR count). The number of aromatic nitrogens is 2. The fourth-order valence-corrected chi connectivity index (χ4v) is 5.76. The smallest absolute Gasteiger partial charge is 0.225 e. The second-order valence-corrected chi connectivity index (χ2v) is 9.83. The van der Waals surface area contributed by atoms with Crippen LogP contribution in [0.15, 0.2) is 36.7 Å². The maximum atomic E-state index is 11.7. The predicted octanol–water partition coefficient (Wildman–Crippen LogP) is 3.67. The molecule has 2 bridgehead atoms. The van der Waals surface area contributed by atoms with Crippen LogP contribution in [-0.4, -0.2) is 66.0 Å². The Balaban J connectivity index is 1.17. The molecular weight excluding hydrogens is 398 g/mol. The Bertz CT molecular complexity index is 906. The molecule has 0 amide bonds. The lowest BCUT2D eigenvalue weighted by molar-refractivity contribution is -0.118. The Labute approximate surface area is 191 Å². The highest BCUT2D eigenvalue weighted by atomic mass is 16.1. The van der Waals surface area contributed by atoms with Crippen LogP contribution in [0.5, 0.6) is 0 Å². The van der Waals surface area contributed by atoms with Gasteiger partial charge in [-0.3, -0.25) is 4.79 Å². The highest BCUT2D eigenvalue weighted by Gasteiger charge is 2.40. The number of Topliss-reactive ketones (excluding diaryl/α,β-unsaturated/α-hetero) is 1. The van der Waals surface area contributed by atoms with Crippen molar-refractivity contribution < 1.29 is 4.79 Å². The number of benzene rings is 1. The van der Waals surface area contributed by atoms with E-state index >= 15 is 0 Å². The molecule has 3 aliphatic heterocycles. The van der Waals surface area contributed by atoms with Crippen LogP contribution in [0.1, 0.15) is 56.1 Å². The molecular formula is C26H35N5O. The van der Waals surface area contributed by atoms with Crippen LogP contribution in [0.2, 0.25) is 0 Å². The number of anilines is 2. The van der Waals surface area contributed by atoms with E-state index in [1.165, 1.54) is 24.1 Å². The van der Waals surface area contributed by atoms with Gasteiger partial charge < -0.3 is 14.7 Å². The van der Waals surface area contributed by atoms with Crippen molar-refractivity contribution in [2.75, 3.05) is 43.0 Å². The Morgan fingerprint density at radius 1 is 0.969 bits per heavy atom.